The van der Waals surface area contributed by atoms with Crippen LogP contribution in [0.2, 0.25) is 0 Å². The van der Waals surface area contributed by atoms with Crippen LogP contribution in [0.5, 0.6) is 0 Å². The molecule has 5 aromatic rings. The smallest absolute Gasteiger partial charge is 0.138 e. The summed E-state index contributed by atoms with van der Waals surface area (Å²) in [5.41, 5.74) is 4.12. The lowest BCUT2D eigenvalue weighted by Gasteiger charge is -2.14. The molecule has 0 aliphatic heterocycles. The average Bonchev–Trinajstić information content (AvgIpc) is 3.57. The fourth-order valence-corrected chi connectivity index (χ4v) is 6.77. The molecule has 192 valence electrons. The molecule has 0 atom stereocenters. The predicted molar refractivity (Wildman–Crippen MR) is 164 cm³/mol. The third kappa shape index (κ3) is 5.81. The van der Waals surface area contributed by atoms with Crippen LogP contribution in [0.1, 0.15) is 35.3 Å². The van der Waals surface area contributed by atoms with Crippen molar-refractivity contribution in [1.29, 1.82) is 10.5 Å². The lowest BCUT2D eigenvalue weighted by Crippen LogP contribution is -2.03. The van der Waals surface area contributed by atoms with Gasteiger partial charge in [-0.25, -0.2) is 9.97 Å². The van der Waals surface area contributed by atoms with E-state index in [4.69, 9.17) is 0 Å². The van der Waals surface area contributed by atoms with Crippen molar-refractivity contribution in [1.82, 2.24) is 9.97 Å². The van der Waals surface area contributed by atoms with Crippen LogP contribution in [-0.2, 0) is 0 Å². The molecule has 2 aromatic heterocycles. The lowest BCUT2D eigenvalue weighted by molar-refractivity contribution is 0.421. The molecule has 39 heavy (non-hydrogen) atoms. The Morgan fingerprint density at radius 2 is 1.38 bits per heavy atom. The molecule has 9 heteroatoms. The van der Waals surface area contributed by atoms with Crippen LogP contribution in [0.25, 0.3) is 31.6 Å². The molecule has 3 aromatic carbocycles. The Bertz CT molecular complexity index is 1730. The Morgan fingerprint density at radius 1 is 0.846 bits per heavy atom. The number of rotatable bonds is 8. The number of para-hydroxylation sites is 2. The number of nitrogens with one attached hydrogen (secondary N) is 1. The van der Waals surface area contributed by atoms with Crippen molar-refractivity contribution in [2.24, 2.45) is 0 Å². The topological polar surface area (TPSA) is 106 Å². The molecular formula is C30H23N5OS3. The molecule has 0 aliphatic carbocycles. The Kier molecular flexibility index (Phi) is 7.94. The van der Waals surface area contributed by atoms with Crippen LogP contribution in [0, 0.1) is 22.7 Å². The van der Waals surface area contributed by atoms with Crippen LogP contribution in [0.15, 0.2) is 83.6 Å². The van der Waals surface area contributed by atoms with E-state index in [0.717, 1.165) is 26.1 Å². The highest BCUT2D eigenvalue weighted by Gasteiger charge is 2.19. The van der Waals surface area contributed by atoms with Gasteiger partial charge in [0, 0.05) is 5.69 Å². The molecule has 2 heterocycles. The number of fused-ring (bicyclic) bond motifs is 2. The molecule has 0 saturated carbocycles. The van der Waals surface area contributed by atoms with E-state index in [1.54, 1.807) is 0 Å². The van der Waals surface area contributed by atoms with E-state index in [2.05, 4.69) is 53.4 Å². The van der Waals surface area contributed by atoms with Gasteiger partial charge in [-0.2, -0.15) is 10.5 Å². The van der Waals surface area contributed by atoms with Crippen molar-refractivity contribution < 1.29 is 5.11 Å². The highest BCUT2D eigenvalue weighted by Crippen LogP contribution is 2.35. The van der Waals surface area contributed by atoms with E-state index in [1.807, 2.05) is 60.7 Å². The Balaban J connectivity index is 1.51. The van der Waals surface area contributed by atoms with Crippen molar-refractivity contribution in [3.63, 3.8) is 0 Å². The maximum absolute atomic E-state index is 11.0. The molecule has 0 radical (unpaired) electrons. The molecule has 0 unspecified atom stereocenters. The second-order valence-corrected chi connectivity index (χ2v) is 12.0. The maximum atomic E-state index is 11.0. The van der Waals surface area contributed by atoms with Gasteiger partial charge in [-0.3, -0.25) is 0 Å². The number of nitrogens with zero attached hydrogens (tertiary/aromatic N) is 4. The van der Waals surface area contributed by atoms with Gasteiger partial charge >= 0.3 is 0 Å². The fraction of sp³-hybridized carbons (Fsp3) is 0.133. The van der Waals surface area contributed by atoms with Gasteiger partial charge in [-0.1, -0.05) is 62.0 Å². The van der Waals surface area contributed by atoms with E-state index in [9.17, 15) is 15.6 Å². The fourth-order valence-electron chi connectivity index (χ4n) is 3.86. The molecule has 0 saturated heterocycles. The van der Waals surface area contributed by atoms with Gasteiger partial charge in [0.1, 0.15) is 39.1 Å². The average molecular weight is 566 g/mol. The highest BCUT2D eigenvalue weighted by molar-refractivity contribution is 8.03. The highest BCUT2D eigenvalue weighted by atomic mass is 32.2. The molecule has 0 spiro atoms. The molecule has 5 rings (SSSR count). The number of hydrogen-bond acceptors (Lipinski definition) is 9. The zero-order valence-electron chi connectivity index (χ0n) is 21.2. The summed E-state index contributed by atoms with van der Waals surface area (Å²) < 4.78 is 1.92. The van der Waals surface area contributed by atoms with Crippen LogP contribution >= 0.6 is 34.4 Å². The van der Waals surface area contributed by atoms with Crippen LogP contribution in [0.4, 0.5) is 5.69 Å². The molecule has 6 nitrogen and oxygen atoms in total. The summed E-state index contributed by atoms with van der Waals surface area (Å²) >= 11 is 4.05. The minimum atomic E-state index is -0.0994. The van der Waals surface area contributed by atoms with Crippen LogP contribution < -0.4 is 5.32 Å². The predicted octanol–water partition coefficient (Wildman–Crippen LogP) is 8.56. The van der Waals surface area contributed by atoms with E-state index in [-0.39, 0.29) is 17.1 Å². The summed E-state index contributed by atoms with van der Waals surface area (Å²) in [4.78, 5) is 9.21. The lowest BCUT2D eigenvalue weighted by atomic mass is 10.0. The van der Waals surface area contributed by atoms with E-state index in [1.165, 1.54) is 40.0 Å². The second-order valence-electron chi connectivity index (χ2n) is 8.91. The number of thioether (sulfide) groups is 1. The molecule has 0 aliphatic rings. The summed E-state index contributed by atoms with van der Waals surface area (Å²) in [6, 6.07) is 27.8. The third-order valence-corrected chi connectivity index (χ3v) is 9.06. The van der Waals surface area contributed by atoms with Crippen molar-refractivity contribution in [3.8, 4) is 12.1 Å². The minimum Gasteiger partial charge on any atom is -0.510 e. The van der Waals surface area contributed by atoms with Crippen molar-refractivity contribution >= 4 is 71.7 Å². The van der Waals surface area contributed by atoms with Gasteiger partial charge in [0.2, 0.25) is 0 Å². The van der Waals surface area contributed by atoms with Crippen molar-refractivity contribution in [2.45, 2.75) is 19.8 Å². The zero-order chi connectivity index (χ0) is 27.4. The Labute approximate surface area is 238 Å². The molecule has 0 bridgehead atoms. The normalized spacial score (nSPS) is 12.6. The van der Waals surface area contributed by atoms with Crippen LogP contribution in [0.3, 0.4) is 0 Å². The standard InChI is InChI=1S/C30H23N5OS3/c1-18(2)19-11-13-20(14-12-19)33-28(22(16-32)30-35-24-8-4-6-10-27(24)39-30)37-17-25(36)21(15-31)29-34-23-7-3-5-9-26(23)38-29/h3-14,18,33,36H,17H2,1-2H3. The van der Waals surface area contributed by atoms with Gasteiger partial charge in [-0.05, 0) is 47.9 Å². The van der Waals surface area contributed by atoms with E-state index >= 15 is 0 Å². The first-order valence-electron chi connectivity index (χ1n) is 12.1. The number of nitriles is 2. The number of thiazole rings is 2. The maximum Gasteiger partial charge on any atom is 0.138 e. The number of hydrogen-bond donors (Lipinski definition) is 2. The van der Waals surface area contributed by atoms with Crippen molar-refractivity contribution in [3.05, 3.63) is 99.2 Å². The number of aliphatic hydroxyl groups is 1. The summed E-state index contributed by atoms with van der Waals surface area (Å²) in [7, 11) is 0. The van der Waals surface area contributed by atoms with Crippen molar-refractivity contribution in [2.75, 3.05) is 11.1 Å². The van der Waals surface area contributed by atoms with E-state index < -0.39 is 0 Å². The number of anilines is 1. The molecule has 2 N–H and O–H groups in total. The first-order valence-corrected chi connectivity index (χ1v) is 14.8. The summed E-state index contributed by atoms with van der Waals surface area (Å²) in [5, 5.41) is 36.0. The zero-order valence-corrected chi connectivity index (χ0v) is 23.6. The van der Waals surface area contributed by atoms with Crippen LogP contribution in [-0.4, -0.2) is 20.8 Å². The van der Waals surface area contributed by atoms with Gasteiger partial charge < -0.3 is 10.4 Å². The minimum absolute atomic E-state index is 0.0707. The second kappa shape index (κ2) is 11.7. The summed E-state index contributed by atoms with van der Waals surface area (Å²) in [6.45, 7) is 4.27. The number of benzene rings is 3. The van der Waals surface area contributed by atoms with Gasteiger partial charge in [0.15, 0.2) is 0 Å². The first-order chi connectivity index (χ1) is 19.0. The quantitative estimate of drug-likeness (QED) is 0.143. The first kappa shape index (κ1) is 26.5. The SMILES string of the molecule is CC(C)c1ccc(NC(SCC(O)=C(C#N)c2nc3ccccc3s2)=C(C#N)c2nc3ccccc3s2)cc1. The molecule has 0 fully saturated rings. The number of aromatic nitrogens is 2. The Hall–Kier alpha value is -4.15. The summed E-state index contributed by atoms with van der Waals surface area (Å²) in [6.07, 6.45) is 0. The van der Waals surface area contributed by atoms with Gasteiger partial charge in [0.05, 0.1) is 31.2 Å². The number of aliphatic hydroxyl groups excluding tert-OH is 1. The molecule has 0 amide bonds. The van der Waals surface area contributed by atoms with Gasteiger partial charge in [-0.15, -0.1) is 22.7 Å². The third-order valence-electron chi connectivity index (χ3n) is 5.94. The van der Waals surface area contributed by atoms with E-state index in [0.29, 0.717) is 26.5 Å². The monoisotopic (exact) mass is 565 g/mol. The molecular weight excluding hydrogens is 543 g/mol. The largest absolute Gasteiger partial charge is 0.510 e. The van der Waals surface area contributed by atoms with Gasteiger partial charge in [0.25, 0.3) is 0 Å². The number of allylic oxidation sites excluding steroid dienone is 2. The Morgan fingerprint density at radius 3 is 1.90 bits per heavy atom. The summed E-state index contributed by atoms with van der Waals surface area (Å²) in [5.74, 6) is 0.369.